The van der Waals surface area contributed by atoms with Gasteiger partial charge < -0.3 is 15.0 Å². The van der Waals surface area contributed by atoms with Gasteiger partial charge in [-0.25, -0.2) is 0 Å². The van der Waals surface area contributed by atoms with Crippen LogP contribution in [0.15, 0.2) is 18.2 Å². The molecule has 1 heterocycles. The summed E-state index contributed by atoms with van der Waals surface area (Å²) in [5.41, 5.74) is 3.46. The van der Waals surface area contributed by atoms with E-state index in [2.05, 4.69) is 23.5 Å². The smallest absolute Gasteiger partial charge is 0.225 e. The van der Waals surface area contributed by atoms with Gasteiger partial charge in [-0.05, 0) is 25.0 Å². The molecule has 0 aromatic heterocycles. The molecule has 2 amide bonds. The van der Waals surface area contributed by atoms with Crippen LogP contribution in [0.2, 0.25) is 0 Å². The number of likely N-dealkylation sites (tertiary alicyclic amines) is 1. The Labute approximate surface area is 131 Å². The maximum atomic E-state index is 12.3. The van der Waals surface area contributed by atoms with Crippen molar-refractivity contribution >= 4 is 11.8 Å². The zero-order valence-electron chi connectivity index (χ0n) is 13.5. The quantitative estimate of drug-likeness (QED) is 0.864. The Hall–Kier alpha value is -1.88. The number of rotatable bonds is 6. The second-order valence-corrected chi connectivity index (χ2v) is 5.88. The predicted molar refractivity (Wildman–Crippen MR) is 84.3 cm³/mol. The molecule has 1 aliphatic heterocycles. The zero-order chi connectivity index (χ0) is 16.1. The minimum atomic E-state index is -0.255. The van der Waals surface area contributed by atoms with E-state index in [-0.39, 0.29) is 17.7 Å². The van der Waals surface area contributed by atoms with E-state index in [0.717, 1.165) is 11.1 Å². The Morgan fingerprint density at radius 3 is 2.91 bits per heavy atom. The predicted octanol–water partition coefficient (Wildman–Crippen LogP) is 1.41. The topological polar surface area (TPSA) is 58.6 Å². The van der Waals surface area contributed by atoms with Crippen LogP contribution >= 0.6 is 0 Å². The third kappa shape index (κ3) is 4.07. The standard InChI is InChI=1S/C17H24N2O3/c1-12-4-5-13(2)14(8-12)10-18-17(21)15-9-16(20)19(11-15)6-7-22-3/h4-5,8,15H,6-7,9-11H2,1-3H3,(H,18,21)/t15-/m0/s1. The number of aryl methyl sites for hydroxylation is 2. The van der Waals surface area contributed by atoms with E-state index in [1.54, 1.807) is 12.0 Å². The Morgan fingerprint density at radius 2 is 2.18 bits per heavy atom. The fourth-order valence-electron chi connectivity index (χ4n) is 2.68. The van der Waals surface area contributed by atoms with Crippen LogP contribution in [0.25, 0.3) is 0 Å². The summed E-state index contributed by atoms with van der Waals surface area (Å²) >= 11 is 0. The van der Waals surface area contributed by atoms with Crippen molar-refractivity contribution in [2.75, 3.05) is 26.8 Å². The highest BCUT2D eigenvalue weighted by atomic mass is 16.5. The lowest BCUT2D eigenvalue weighted by Gasteiger charge is -2.16. The molecule has 2 rings (SSSR count). The minimum Gasteiger partial charge on any atom is -0.383 e. The second-order valence-electron chi connectivity index (χ2n) is 5.88. The molecule has 1 saturated heterocycles. The largest absolute Gasteiger partial charge is 0.383 e. The van der Waals surface area contributed by atoms with Crippen LogP contribution in [-0.2, 0) is 20.9 Å². The first-order valence-electron chi connectivity index (χ1n) is 7.62. The van der Waals surface area contributed by atoms with Crippen molar-refractivity contribution in [2.45, 2.75) is 26.8 Å². The van der Waals surface area contributed by atoms with Crippen LogP contribution in [0, 0.1) is 19.8 Å². The highest BCUT2D eigenvalue weighted by Crippen LogP contribution is 2.18. The van der Waals surface area contributed by atoms with Crippen LogP contribution in [0.3, 0.4) is 0 Å². The van der Waals surface area contributed by atoms with Crippen LogP contribution < -0.4 is 5.32 Å². The molecule has 1 aromatic rings. The van der Waals surface area contributed by atoms with Crippen molar-refractivity contribution in [2.24, 2.45) is 5.92 Å². The molecule has 1 aliphatic rings. The molecule has 1 atom stereocenters. The molecule has 1 aromatic carbocycles. The lowest BCUT2D eigenvalue weighted by molar-refractivity contribution is -0.129. The number of ether oxygens (including phenoxy) is 1. The van der Waals surface area contributed by atoms with Crippen LogP contribution in [-0.4, -0.2) is 43.5 Å². The number of carbonyl (C=O) groups excluding carboxylic acids is 2. The summed E-state index contributed by atoms with van der Waals surface area (Å²) in [5.74, 6) is -0.271. The normalized spacial score (nSPS) is 17.9. The molecule has 5 heteroatoms. The SMILES string of the molecule is COCCN1C[C@@H](C(=O)NCc2cc(C)ccc2C)CC1=O. The van der Waals surface area contributed by atoms with Gasteiger partial charge in [0.1, 0.15) is 0 Å². The Kier molecular flexibility index (Phi) is 5.55. The zero-order valence-corrected chi connectivity index (χ0v) is 13.5. The molecule has 5 nitrogen and oxygen atoms in total. The summed E-state index contributed by atoms with van der Waals surface area (Å²) < 4.78 is 4.98. The summed E-state index contributed by atoms with van der Waals surface area (Å²) in [6.45, 7) is 6.12. The average molecular weight is 304 g/mol. The summed E-state index contributed by atoms with van der Waals surface area (Å²) in [7, 11) is 1.61. The maximum absolute atomic E-state index is 12.3. The molecular weight excluding hydrogens is 280 g/mol. The van der Waals surface area contributed by atoms with Gasteiger partial charge in [0.15, 0.2) is 0 Å². The first-order valence-corrected chi connectivity index (χ1v) is 7.62. The molecule has 0 radical (unpaired) electrons. The van der Waals surface area contributed by atoms with E-state index in [0.29, 0.717) is 32.7 Å². The summed E-state index contributed by atoms with van der Waals surface area (Å²) in [6.07, 6.45) is 0.294. The number of benzene rings is 1. The summed E-state index contributed by atoms with van der Waals surface area (Å²) in [6, 6.07) is 6.20. The van der Waals surface area contributed by atoms with Gasteiger partial charge in [0.05, 0.1) is 12.5 Å². The van der Waals surface area contributed by atoms with Gasteiger partial charge in [-0.3, -0.25) is 9.59 Å². The average Bonchev–Trinajstić information content (AvgIpc) is 2.87. The van der Waals surface area contributed by atoms with Gasteiger partial charge in [0, 0.05) is 33.2 Å². The summed E-state index contributed by atoms with van der Waals surface area (Å²) in [4.78, 5) is 25.8. The van der Waals surface area contributed by atoms with Crippen molar-refractivity contribution in [3.63, 3.8) is 0 Å². The Morgan fingerprint density at radius 1 is 1.41 bits per heavy atom. The third-order valence-corrected chi connectivity index (χ3v) is 4.11. The number of methoxy groups -OCH3 is 1. The molecule has 0 aliphatic carbocycles. The fraction of sp³-hybridized carbons (Fsp3) is 0.529. The first-order chi connectivity index (χ1) is 10.5. The number of nitrogens with zero attached hydrogens (tertiary/aromatic N) is 1. The van der Waals surface area contributed by atoms with Gasteiger partial charge in [0.25, 0.3) is 0 Å². The number of amides is 2. The van der Waals surface area contributed by atoms with Crippen LogP contribution in [0.5, 0.6) is 0 Å². The van der Waals surface area contributed by atoms with Gasteiger partial charge in [-0.1, -0.05) is 23.8 Å². The highest BCUT2D eigenvalue weighted by molar-refractivity contribution is 5.89. The number of hydrogen-bond acceptors (Lipinski definition) is 3. The maximum Gasteiger partial charge on any atom is 0.225 e. The molecule has 0 saturated carbocycles. The Bertz CT molecular complexity index is 557. The summed E-state index contributed by atoms with van der Waals surface area (Å²) in [5, 5.41) is 2.96. The molecule has 22 heavy (non-hydrogen) atoms. The van der Waals surface area contributed by atoms with Gasteiger partial charge in [-0.2, -0.15) is 0 Å². The van der Waals surface area contributed by atoms with E-state index in [4.69, 9.17) is 4.74 Å². The number of nitrogens with one attached hydrogen (secondary N) is 1. The second kappa shape index (κ2) is 7.40. The third-order valence-electron chi connectivity index (χ3n) is 4.11. The molecular formula is C17H24N2O3. The van der Waals surface area contributed by atoms with Crippen molar-refractivity contribution in [3.05, 3.63) is 34.9 Å². The van der Waals surface area contributed by atoms with Crippen molar-refractivity contribution < 1.29 is 14.3 Å². The number of hydrogen-bond donors (Lipinski definition) is 1. The molecule has 0 spiro atoms. The lowest BCUT2D eigenvalue weighted by atomic mass is 10.0. The molecule has 1 N–H and O–H groups in total. The highest BCUT2D eigenvalue weighted by Gasteiger charge is 2.33. The molecule has 1 fully saturated rings. The van der Waals surface area contributed by atoms with E-state index in [9.17, 15) is 9.59 Å². The molecule has 0 bridgehead atoms. The number of carbonyl (C=O) groups is 2. The van der Waals surface area contributed by atoms with Crippen molar-refractivity contribution in [1.82, 2.24) is 10.2 Å². The van der Waals surface area contributed by atoms with Crippen LogP contribution in [0.1, 0.15) is 23.1 Å². The van der Waals surface area contributed by atoms with E-state index in [1.807, 2.05) is 13.8 Å². The molecule has 0 unspecified atom stereocenters. The Balaban J connectivity index is 1.88. The van der Waals surface area contributed by atoms with Crippen molar-refractivity contribution in [1.29, 1.82) is 0 Å². The van der Waals surface area contributed by atoms with E-state index in [1.165, 1.54) is 5.56 Å². The minimum absolute atomic E-state index is 0.0314. The van der Waals surface area contributed by atoms with E-state index >= 15 is 0 Å². The fourth-order valence-corrected chi connectivity index (χ4v) is 2.68. The van der Waals surface area contributed by atoms with Gasteiger partial charge in [0.2, 0.25) is 11.8 Å². The van der Waals surface area contributed by atoms with Crippen LogP contribution in [0.4, 0.5) is 0 Å². The monoisotopic (exact) mass is 304 g/mol. The van der Waals surface area contributed by atoms with E-state index < -0.39 is 0 Å². The molecule has 120 valence electrons. The van der Waals surface area contributed by atoms with Gasteiger partial charge in [-0.15, -0.1) is 0 Å². The van der Waals surface area contributed by atoms with Gasteiger partial charge >= 0.3 is 0 Å². The van der Waals surface area contributed by atoms with Crippen molar-refractivity contribution in [3.8, 4) is 0 Å². The first kappa shape index (κ1) is 16.5. The lowest BCUT2D eigenvalue weighted by Crippen LogP contribution is -2.33.